The van der Waals surface area contributed by atoms with Crippen LogP contribution < -0.4 is 10.6 Å². The Labute approximate surface area is 174 Å². The van der Waals surface area contributed by atoms with Gasteiger partial charge in [-0.05, 0) is 29.8 Å². The summed E-state index contributed by atoms with van der Waals surface area (Å²) in [5.74, 6) is -1.03. The predicted molar refractivity (Wildman–Crippen MR) is 110 cm³/mol. The summed E-state index contributed by atoms with van der Waals surface area (Å²) < 4.78 is 25.2. The number of sulfonamides is 1. The van der Waals surface area contributed by atoms with Crippen LogP contribution in [0.15, 0.2) is 59.5 Å². The number of anilines is 1. The Morgan fingerprint density at radius 3 is 2.30 bits per heavy atom. The van der Waals surface area contributed by atoms with Gasteiger partial charge in [-0.2, -0.15) is 0 Å². The molecule has 158 valence electrons. The van der Waals surface area contributed by atoms with Gasteiger partial charge in [-0.15, -0.1) is 0 Å². The third-order valence-electron chi connectivity index (χ3n) is 4.61. The minimum Gasteiger partial charge on any atom is -0.325 e. The maximum absolute atomic E-state index is 12.5. The molecule has 1 aliphatic rings. The molecule has 9 nitrogen and oxygen atoms in total. The standard InChI is InChI=1S/C20H22N4O5S/c1-23(2)30(28,29)16-10-8-15(9-11-16)21-18(25)13-24-19(26)17(22-20(24)27)12-14-6-4-3-5-7-14/h3-11,17H,12-13H2,1-2H3,(H,21,25)(H,22,27)/t17-/m0/s1. The van der Waals surface area contributed by atoms with Crippen LogP contribution in [0.3, 0.4) is 0 Å². The third kappa shape index (κ3) is 4.66. The highest BCUT2D eigenvalue weighted by Gasteiger charge is 2.38. The summed E-state index contributed by atoms with van der Waals surface area (Å²) in [5.41, 5.74) is 1.25. The van der Waals surface area contributed by atoms with Crippen LogP contribution in [0.5, 0.6) is 0 Å². The van der Waals surface area contributed by atoms with Crippen molar-refractivity contribution >= 4 is 33.6 Å². The van der Waals surface area contributed by atoms with E-state index < -0.39 is 40.5 Å². The zero-order valence-corrected chi connectivity index (χ0v) is 17.3. The van der Waals surface area contributed by atoms with Crippen molar-refractivity contribution in [3.8, 4) is 0 Å². The first kappa shape index (κ1) is 21.5. The first-order chi connectivity index (χ1) is 14.2. The maximum atomic E-state index is 12.5. The van der Waals surface area contributed by atoms with Gasteiger partial charge >= 0.3 is 6.03 Å². The first-order valence-corrected chi connectivity index (χ1v) is 10.6. The molecule has 1 fully saturated rings. The molecule has 0 spiro atoms. The molecule has 2 N–H and O–H groups in total. The van der Waals surface area contributed by atoms with Gasteiger partial charge < -0.3 is 10.6 Å². The van der Waals surface area contributed by atoms with Crippen LogP contribution in [0.1, 0.15) is 5.56 Å². The third-order valence-corrected chi connectivity index (χ3v) is 6.44. The fourth-order valence-corrected chi connectivity index (χ4v) is 3.88. The molecule has 3 rings (SSSR count). The Balaban J connectivity index is 1.60. The molecule has 1 heterocycles. The van der Waals surface area contributed by atoms with Gasteiger partial charge in [-0.25, -0.2) is 17.5 Å². The topological polar surface area (TPSA) is 116 Å². The van der Waals surface area contributed by atoms with Crippen molar-refractivity contribution in [2.24, 2.45) is 0 Å². The number of nitrogens with one attached hydrogen (secondary N) is 2. The summed E-state index contributed by atoms with van der Waals surface area (Å²) in [6, 6.07) is 13.5. The number of rotatable bonds is 7. The number of hydrogen-bond donors (Lipinski definition) is 2. The average molecular weight is 430 g/mol. The van der Waals surface area contributed by atoms with E-state index in [1.54, 1.807) is 0 Å². The molecule has 2 aromatic rings. The van der Waals surface area contributed by atoms with E-state index in [9.17, 15) is 22.8 Å². The molecule has 4 amide bonds. The lowest BCUT2D eigenvalue weighted by Crippen LogP contribution is -2.38. The second kappa shape index (κ2) is 8.64. The summed E-state index contributed by atoms with van der Waals surface area (Å²) in [7, 11) is -0.723. The number of carbonyl (C=O) groups is 3. The molecule has 0 unspecified atom stereocenters. The predicted octanol–water partition coefficient (Wildman–Crippen LogP) is 1.04. The van der Waals surface area contributed by atoms with E-state index in [1.165, 1.54) is 38.4 Å². The molecular weight excluding hydrogens is 408 g/mol. The molecule has 0 bridgehead atoms. The number of hydrogen-bond acceptors (Lipinski definition) is 5. The zero-order chi connectivity index (χ0) is 21.9. The molecule has 30 heavy (non-hydrogen) atoms. The Kier molecular flexibility index (Phi) is 6.18. The van der Waals surface area contributed by atoms with Crippen molar-refractivity contribution in [3.05, 3.63) is 60.2 Å². The van der Waals surface area contributed by atoms with Crippen molar-refractivity contribution in [2.75, 3.05) is 26.0 Å². The highest BCUT2D eigenvalue weighted by Crippen LogP contribution is 2.17. The number of amides is 4. The minimum absolute atomic E-state index is 0.0864. The number of carbonyl (C=O) groups excluding carboxylic acids is 3. The van der Waals surface area contributed by atoms with Gasteiger partial charge in [0.05, 0.1) is 4.90 Å². The monoisotopic (exact) mass is 430 g/mol. The molecule has 0 aliphatic carbocycles. The van der Waals surface area contributed by atoms with Crippen molar-refractivity contribution in [3.63, 3.8) is 0 Å². The largest absolute Gasteiger partial charge is 0.325 e. The second-order valence-corrected chi connectivity index (χ2v) is 9.13. The highest BCUT2D eigenvalue weighted by atomic mass is 32.2. The highest BCUT2D eigenvalue weighted by molar-refractivity contribution is 7.89. The van der Waals surface area contributed by atoms with Crippen molar-refractivity contribution < 1.29 is 22.8 Å². The minimum atomic E-state index is -3.57. The molecule has 0 aromatic heterocycles. The quantitative estimate of drug-likeness (QED) is 0.637. The SMILES string of the molecule is CN(C)S(=O)(=O)c1ccc(NC(=O)CN2C(=O)N[C@@H](Cc3ccccc3)C2=O)cc1. The normalized spacial score (nSPS) is 16.6. The van der Waals surface area contributed by atoms with E-state index in [0.29, 0.717) is 12.1 Å². The average Bonchev–Trinajstić information content (AvgIpc) is 2.96. The van der Waals surface area contributed by atoms with E-state index in [4.69, 9.17) is 0 Å². The molecule has 1 atom stereocenters. The number of benzene rings is 2. The first-order valence-electron chi connectivity index (χ1n) is 9.17. The van der Waals surface area contributed by atoms with Crippen LogP contribution in [0, 0.1) is 0 Å². The van der Waals surface area contributed by atoms with Crippen LogP contribution in [-0.4, -0.2) is 62.2 Å². The van der Waals surface area contributed by atoms with Gasteiger partial charge in [0.25, 0.3) is 5.91 Å². The van der Waals surface area contributed by atoms with Crippen LogP contribution in [0.25, 0.3) is 0 Å². The summed E-state index contributed by atoms with van der Waals surface area (Å²) >= 11 is 0. The Morgan fingerprint density at radius 2 is 1.70 bits per heavy atom. The van der Waals surface area contributed by atoms with Crippen LogP contribution in [-0.2, 0) is 26.0 Å². The van der Waals surface area contributed by atoms with E-state index in [2.05, 4.69) is 10.6 Å². The van der Waals surface area contributed by atoms with Gasteiger partial charge in [0.2, 0.25) is 15.9 Å². The smallest absolute Gasteiger partial charge is 0.325 e. The summed E-state index contributed by atoms with van der Waals surface area (Å²) in [5, 5.41) is 5.15. The Bertz CT molecular complexity index is 1050. The molecule has 2 aromatic carbocycles. The lowest BCUT2D eigenvalue weighted by molar-refractivity contribution is -0.130. The Morgan fingerprint density at radius 1 is 1.07 bits per heavy atom. The lowest BCUT2D eigenvalue weighted by atomic mass is 10.1. The summed E-state index contributed by atoms with van der Waals surface area (Å²) in [6.07, 6.45) is 0.339. The zero-order valence-electron chi connectivity index (χ0n) is 16.5. The molecule has 1 saturated heterocycles. The molecular formula is C20H22N4O5S. The van der Waals surface area contributed by atoms with Gasteiger partial charge in [0.15, 0.2) is 0 Å². The van der Waals surface area contributed by atoms with Crippen molar-refractivity contribution in [2.45, 2.75) is 17.4 Å². The molecule has 0 saturated carbocycles. The van der Waals surface area contributed by atoms with Gasteiger partial charge in [0.1, 0.15) is 12.6 Å². The fraction of sp³-hybridized carbons (Fsp3) is 0.250. The maximum Gasteiger partial charge on any atom is 0.325 e. The van der Waals surface area contributed by atoms with Crippen LogP contribution in [0.4, 0.5) is 10.5 Å². The van der Waals surface area contributed by atoms with E-state index in [0.717, 1.165) is 14.8 Å². The fourth-order valence-electron chi connectivity index (χ4n) is 2.98. The molecule has 1 aliphatic heterocycles. The van der Waals surface area contributed by atoms with Gasteiger partial charge in [-0.3, -0.25) is 14.5 Å². The van der Waals surface area contributed by atoms with Crippen LogP contribution >= 0.6 is 0 Å². The number of urea groups is 1. The van der Waals surface area contributed by atoms with Gasteiger partial charge in [-0.1, -0.05) is 30.3 Å². The van der Waals surface area contributed by atoms with Gasteiger partial charge in [0, 0.05) is 26.2 Å². The van der Waals surface area contributed by atoms with E-state index in [-0.39, 0.29) is 4.90 Å². The Hall–Kier alpha value is -3.24. The van der Waals surface area contributed by atoms with Crippen molar-refractivity contribution in [1.29, 1.82) is 0 Å². The number of imide groups is 1. The number of nitrogens with zero attached hydrogens (tertiary/aromatic N) is 2. The lowest BCUT2D eigenvalue weighted by Gasteiger charge is -2.14. The molecule has 10 heteroatoms. The van der Waals surface area contributed by atoms with E-state index >= 15 is 0 Å². The van der Waals surface area contributed by atoms with Crippen molar-refractivity contribution in [1.82, 2.24) is 14.5 Å². The van der Waals surface area contributed by atoms with Crippen LogP contribution in [0.2, 0.25) is 0 Å². The molecule has 0 radical (unpaired) electrons. The van der Waals surface area contributed by atoms with E-state index in [1.807, 2.05) is 30.3 Å². The summed E-state index contributed by atoms with van der Waals surface area (Å²) in [4.78, 5) is 37.9. The second-order valence-electron chi connectivity index (χ2n) is 6.98. The summed E-state index contributed by atoms with van der Waals surface area (Å²) in [6.45, 7) is -0.437.